The van der Waals surface area contributed by atoms with E-state index in [0.717, 1.165) is 25.7 Å². The average molecular weight is 407 g/mol. The summed E-state index contributed by atoms with van der Waals surface area (Å²) in [4.78, 5) is 11.7. The Morgan fingerprint density at radius 3 is 1.71 bits per heavy atom. The lowest BCUT2D eigenvalue weighted by Gasteiger charge is -2.17. The van der Waals surface area contributed by atoms with Crippen molar-refractivity contribution >= 4 is 22.1 Å². The molecule has 24 heavy (non-hydrogen) atoms. The SMILES string of the molecule is CCCCCCCCC(CCCCCCCC)OC(=O)OCCBr. The normalized spacial score (nSPS) is 11.0. The molecule has 0 saturated heterocycles. The van der Waals surface area contributed by atoms with Gasteiger partial charge in [0.15, 0.2) is 0 Å². The first-order valence-electron chi connectivity index (χ1n) is 10.1. The van der Waals surface area contributed by atoms with E-state index < -0.39 is 6.16 Å². The van der Waals surface area contributed by atoms with Crippen LogP contribution in [0.2, 0.25) is 0 Å². The molecule has 0 bridgehead atoms. The number of unbranched alkanes of at least 4 members (excludes halogenated alkanes) is 10. The molecular weight excluding hydrogens is 368 g/mol. The number of hydrogen-bond donors (Lipinski definition) is 0. The first kappa shape index (κ1) is 23.8. The standard InChI is InChI=1S/C20H39BrO3/c1-3-5-7-9-11-13-15-19(24-20(22)23-18-17-21)16-14-12-10-8-6-4-2/h19H,3-18H2,1-2H3. The molecule has 0 radical (unpaired) electrons. The smallest absolute Gasteiger partial charge is 0.433 e. The highest BCUT2D eigenvalue weighted by Gasteiger charge is 2.15. The second-order valence-corrected chi connectivity index (χ2v) is 7.43. The van der Waals surface area contributed by atoms with Crippen LogP contribution < -0.4 is 0 Å². The molecular formula is C20H39BrO3. The minimum absolute atomic E-state index is 0.0326. The minimum atomic E-state index is -0.503. The van der Waals surface area contributed by atoms with E-state index in [2.05, 4.69) is 29.8 Å². The second-order valence-electron chi connectivity index (χ2n) is 6.64. The van der Waals surface area contributed by atoms with Gasteiger partial charge in [0, 0.05) is 5.33 Å². The molecule has 0 atom stereocenters. The molecule has 0 aliphatic rings. The molecule has 0 aromatic rings. The monoisotopic (exact) mass is 406 g/mol. The first-order chi connectivity index (χ1) is 11.7. The molecule has 144 valence electrons. The molecule has 0 fully saturated rings. The van der Waals surface area contributed by atoms with E-state index in [-0.39, 0.29) is 6.10 Å². The lowest BCUT2D eigenvalue weighted by Crippen LogP contribution is -2.20. The van der Waals surface area contributed by atoms with Gasteiger partial charge in [-0.25, -0.2) is 4.79 Å². The predicted molar refractivity (Wildman–Crippen MR) is 106 cm³/mol. The molecule has 0 aliphatic heterocycles. The fourth-order valence-corrected chi connectivity index (χ4v) is 3.02. The molecule has 0 spiro atoms. The van der Waals surface area contributed by atoms with Crippen LogP contribution in [0, 0.1) is 0 Å². The number of ether oxygens (including phenoxy) is 2. The third-order valence-electron chi connectivity index (χ3n) is 4.32. The fourth-order valence-electron chi connectivity index (χ4n) is 2.86. The highest BCUT2D eigenvalue weighted by molar-refractivity contribution is 9.09. The average Bonchev–Trinajstić information content (AvgIpc) is 2.58. The molecule has 4 heteroatoms. The predicted octanol–water partition coefficient (Wildman–Crippen LogP) is 7.40. The molecule has 0 saturated carbocycles. The maximum atomic E-state index is 11.7. The van der Waals surface area contributed by atoms with E-state index in [1.54, 1.807) is 0 Å². The fraction of sp³-hybridized carbons (Fsp3) is 0.950. The topological polar surface area (TPSA) is 35.5 Å². The van der Waals surface area contributed by atoms with E-state index in [0.29, 0.717) is 11.9 Å². The zero-order valence-electron chi connectivity index (χ0n) is 16.0. The van der Waals surface area contributed by atoms with Crippen LogP contribution in [0.3, 0.4) is 0 Å². The van der Waals surface area contributed by atoms with Crippen molar-refractivity contribution in [2.45, 2.75) is 110 Å². The number of alkyl halides is 1. The van der Waals surface area contributed by atoms with Crippen molar-refractivity contribution in [2.24, 2.45) is 0 Å². The molecule has 0 amide bonds. The molecule has 0 unspecified atom stereocenters. The molecule has 0 heterocycles. The van der Waals surface area contributed by atoms with Crippen LogP contribution in [0.4, 0.5) is 4.79 Å². The number of hydrogen-bond acceptors (Lipinski definition) is 3. The number of carbonyl (C=O) groups is 1. The summed E-state index contributed by atoms with van der Waals surface area (Å²) in [6.45, 7) is 4.85. The summed E-state index contributed by atoms with van der Waals surface area (Å²) < 4.78 is 10.6. The molecule has 0 aromatic carbocycles. The Hall–Kier alpha value is -0.250. The second kappa shape index (κ2) is 19.1. The van der Waals surface area contributed by atoms with Gasteiger partial charge in [0.25, 0.3) is 0 Å². The van der Waals surface area contributed by atoms with E-state index in [1.165, 1.54) is 64.2 Å². The summed E-state index contributed by atoms with van der Waals surface area (Å²) in [6, 6.07) is 0. The quantitative estimate of drug-likeness (QED) is 0.143. The highest BCUT2D eigenvalue weighted by Crippen LogP contribution is 2.17. The highest BCUT2D eigenvalue weighted by atomic mass is 79.9. The van der Waals surface area contributed by atoms with Crippen molar-refractivity contribution in [3.8, 4) is 0 Å². The summed E-state index contributed by atoms with van der Waals surface area (Å²) in [5, 5.41) is 0.654. The Morgan fingerprint density at radius 1 is 0.792 bits per heavy atom. The Balaban J connectivity index is 3.93. The van der Waals surface area contributed by atoms with Gasteiger partial charge >= 0.3 is 6.16 Å². The van der Waals surface area contributed by atoms with Gasteiger partial charge in [-0.1, -0.05) is 94.0 Å². The number of rotatable bonds is 17. The minimum Gasteiger partial charge on any atom is -0.433 e. The number of halogens is 1. The summed E-state index contributed by atoms with van der Waals surface area (Å²) in [6.07, 6.45) is 16.7. The Kier molecular flexibility index (Phi) is 18.9. The van der Waals surface area contributed by atoms with Gasteiger partial charge in [-0.05, 0) is 25.7 Å². The molecule has 0 N–H and O–H groups in total. The summed E-state index contributed by atoms with van der Waals surface area (Å²) >= 11 is 3.26. The summed E-state index contributed by atoms with van der Waals surface area (Å²) in [7, 11) is 0. The Morgan fingerprint density at radius 2 is 1.25 bits per heavy atom. The van der Waals surface area contributed by atoms with Gasteiger partial charge in [0.2, 0.25) is 0 Å². The van der Waals surface area contributed by atoms with Crippen molar-refractivity contribution in [3.63, 3.8) is 0 Å². The lowest BCUT2D eigenvalue weighted by atomic mass is 10.0. The van der Waals surface area contributed by atoms with E-state index >= 15 is 0 Å². The van der Waals surface area contributed by atoms with Gasteiger partial charge in [-0.2, -0.15) is 0 Å². The first-order valence-corrected chi connectivity index (χ1v) is 11.3. The van der Waals surface area contributed by atoms with Crippen LogP contribution in [-0.4, -0.2) is 24.2 Å². The maximum Gasteiger partial charge on any atom is 0.508 e. The van der Waals surface area contributed by atoms with Crippen molar-refractivity contribution in [2.75, 3.05) is 11.9 Å². The van der Waals surface area contributed by atoms with Crippen molar-refractivity contribution < 1.29 is 14.3 Å². The third kappa shape index (κ3) is 16.6. The molecule has 3 nitrogen and oxygen atoms in total. The molecule has 0 rings (SSSR count). The van der Waals surface area contributed by atoms with E-state index in [9.17, 15) is 4.79 Å². The van der Waals surface area contributed by atoms with Crippen molar-refractivity contribution in [1.29, 1.82) is 0 Å². The van der Waals surface area contributed by atoms with Gasteiger partial charge in [-0.15, -0.1) is 0 Å². The van der Waals surface area contributed by atoms with Crippen LogP contribution in [0.15, 0.2) is 0 Å². The van der Waals surface area contributed by atoms with E-state index in [4.69, 9.17) is 9.47 Å². The third-order valence-corrected chi connectivity index (χ3v) is 4.64. The Labute approximate surface area is 158 Å². The Bertz CT molecular complexity index is 256. The maximum absolute atomic E-state index is 11.7. The van der Waals surface area contributed by atoms with E-state index in [1.807, 2.05) is 0 Å². The van der Waals surface area contributed by atoms with Crippen LogP contribution in [0.25, 0.3) is 0 Å². The van der Waals surface area contributed by atoms with Crippen LogP contribution >= 0.6 is 15.9 Å². The zero-order chi connectivity index (χ0) is 17.9. The van der Waals surface area contributed by atoms with Gasteiger partial charge in [-0.3, -0.25) is 0 Å². The summed E-state index contributed by atoms with van der Waals surface area (Å²) in [5.41, 5.74) is 0. The van der Waals surface area contributed by atoms with Crippen molar-refractivity contribution in [3.05, 3.63) is 0 Å². The van der Waals surface area contributed by atoms with Crippen LogP contribution in [0.5, 0.6) is 0 Å². The van der Waals surface area contributed by atoms with Crippen LogP contribution in [0.1, 0.15) is 104 Å². The largest absolute Gasteiger partial charge is 0.508 e. The van der Waals surface area contributed by atoms with Crippen LogP contribution in [-0.2, 0) is 9.47 Å². The number of carbonyl (C=O) groups excluding carboxylic acids is 1. The summed E-state index contributed by atoms with van der Waals surface area (Å²) in [5.74, 6) is 0. The zero-order valence-corrected chi connectivity index (χ0v) is 17.6. The van der Waals surface area contributed by atoms with Gasteiger partial charge in [0.1, 0.15) is 12.7 Å². The van der Waals surface area contributed by atoms with Crippen molar-refractivity contribution in [1.82, 2.24) is 0 Å². The molecule has 0 aliphatic carbocycles. The van der Waals surface area contributed by atoms with Gasteiger partial charge in [0.05, 0.1) is 0 Å². The van der Waals surface area contributed by atoms with Gasteiger partial charge < -0.3 is 9.47 Å². The molecule has 0 aromatic heterocycles. The lowest BCUT2D eigenvalue weighted by molar-refractivity contribution is 0.0195.